The van der Waals surface area contributed by atoms with Crippen molar-refractivity contribution in [3.05, 3.63) is 35.4 Å². The number of amides is 4. The van der Waals surface area contributed by atoms with E-state index in [0.29, 0.717) is 18.5 Å². The van der Waals surface area contributed by atoms with Gasteiger partial charge in [0.15, 0.2) is 0 Å². The largest absolute Gasteiger partial charge is 0.444 e. The van der Waals surface area contributed by atoms with E-state index in [2.05, 4.69) is 10.6 Å². The number of primary amides is 1. The minimum Gasteiger partial charge on any atom is -0.444 e. The summed E-state index contributed by atoms with van der Waals surface area (Å²) in [6, 6.07) is 5.10. The molecule has 0 fully saturated rings. The van der Waals surface area contributed by atoms with Crippen molar-refractivity contribution in [2.75, 3.05) is 6.54 Å². The molecule has 2 atom stereocenters. The maximum atomic E-state index is 14.1. The Kier molecular flexibility index (Phi) is 11.4. The van der Waals surface area contributed by atoms with Crippen molar-refractivity contribution in [3.63, 3.8) is 0 Å². The van der Waals surface area contributed by atoms with Crippen molar-refractivity contribution in [1.29, 1.82) is 0 Å². The zero-order valence-electron chi connectivity index (χ0n) is 23.1. The number of carbonyl (C=O) groups is 4. The highest BCUT2D eigenvalue weighted by Gasteiger charge is 2.43. The second kappa shape index (κ2) is 13.3. The van der Waals surface area contributed by atoms with Crippen LogP contribution in [0.3, 0.4) is 0 Å². The summed E-state index contributed by atoms with van der Waals surface area (Å²) in [7, 11) is 0. The average molecular weight is 505 g/mol. The van der Waals surface area contributed by atoms with Gasteiger partial charge >= 0.3 is 6.09 Å². The van der Waals surface area contributed by atoms with E-state index < -0.39 is 47.6 Å². The third-order valence-corrected chi connectivity index (χ3v) is 5.88. The fraction of sp³-hybridized carbons (Fsp3) is 0.630. The molecule has 4 N–H and O–H groups in total. The van der Waals surface area contributed by atoms with Gasteiger partial charge in [-0.05, 0) is 59.9 Å². The van der Waals surface area contributed by atoms with Gasteiger partial charge in [0, 0.05) is 12.1 Å². The molecule has 0 saturated heterocycles. The van der Waals surface area contributed by atoms with Crippen LogP contribution in [0.5, 0.6) is 0 Å². The Balaban J connectivity index is 3.58. The Bertz CT molecular complexity index is 906. The van der Waals surface area contributed by atoms with Gasteiger partial charge in [-0.1, -0.05) is 50.1 Å². The molecule has 1 aromatic carbocycles. The summed E-state index contributed by atoms with van der Waals surface area (Å²) in [6.45, 7) is 15.1. The van der Waals surface area contributed by atoms with Gasteiger partial charge < -0.3 is 26.0 Å². The van der Waals surface area contributed by atoms with Crippen LogP contribution in [0.15, 0.2) is 24.3 Å². The number of nitrogens with two attached hydrogens (primary N) is 1. The Hall–Kier alpha value is -3.10. The number of nitrogens with one attached hydrogen (secondary N) is 2. The van der Waals surface area contributed by atoms with Crippen LogP contribution >= 0.6 is 0 Å². The molecule has 0 aliphatic rings. The number of ether oxygens (including phenoxy) is 1. The molecule has 0 aromatic heterocycles. The third-order valence-electron chi connectivity index (χ3n) is 5.88. The minimum atomic E-state index is -1.31. The molecular formula is C27H44N4O5. The lowest BCUT2D eigenvalue weighted by molar-refractivity contribution is -0.150. The standard InChI is InChI=1S/C27H44N4O5/c1-9-11-16-29-23(33)22(19-14-12-18(3)13-15-19)31(27(7,8)10-2)24(34)20(17-21(28)32)30-25(35)36-26(4,5)6/h12-15,20,22H,9-11,16-17H2,1-8H3,(H2,28,32)(H,29,33)(H,30,35). The zero-order valence-corrected chi connectivity index (χ0v) is 23.1. The summed E-state index contributed by atoms with van der Waals surface area (Å²) >= 11 is 0. The molecule has 1 aromatic rings. The SMILES string of the molecule is CCCCNC(=O)C(c1ccc(C)cc1)N(C(=O)C(CC(N)=O)NC(=O)OC(C)(C)C)C(C)(C)CC. The van der Waals surface area contributed by atoms with E-state index in [1.54, 1.807) is 20.8 Å². The Morgan fingerprint density at radius 1 is 1.03 bits per heavy atom. The average Bonchev–Trinajstić information content (AvgIpc) is 2.75. The predicted octanol–water partition coefficient (Wildman–Crippen LogP) is 3.74. The highest BCUT2D eigenvalue weighted by Crippen LogP contribution is 2.32. The van der Waals surface area contributed by atoms with Gasteiger partial charge in [0.2, 0.25) is 17.7 Å². The molecule has 2 unspecified atom stereocenters. The highest BCUT2D eigenvalue weighted by atomic mass is 16.6. The number of aryl methyl sites for hydroxylation is 1. The molecule has 4 amide bonds. The van der Waals surface area contributed by atoms with Crippen LogP contribution in [-0.2, 0) is 19.1 Å². The number of benzene rings is 1. The van der Waals surface area contributed by atoms with Crippen LogP contribution in [0.25, 0.3) is 0 Å². The molecule has 0 heterocycles. The lowest BCUT2D eigenvalue weighted by Gasteiger charge is -2.44. The Morgan fingerprint density at radius 3 is 2.08 bits per heavy atom. The molecule has 202 valence electrons. The molecule has 0 spiro atoms. The maximum absolute atomic E-state index is 14.1. The van der Waals surface area contributed by atoms with E-state index in [-0.39, 0.29) is 5.91 Å². The quantitative estimate of drug-likeness (QED) is 0.373. The summed E-state index contributed by atoms with van der Waals surface area (Å²) in [5, 5.41) is 5.45. The van der Waals surface area contributed by atoms with Crippen LogP contribution in [0.2, 0.25) is 0 Å². The summed E-state index contributed by atoms with van der Waals surface area (Å²) in [6.07, 6.45) is 0.919. The summed E-state index contributed by atoms with van der Waals surface area (Å²) < 4.78 is 5.31. The maximum Gasteiger partial charge on any atom is 0.408 e. The van der Waals surface area contributed by atoms with E-state index in [1.807, 2.05) is 58.9 Å². The molecule has 9 heteroatoms. The summed E-state index contributed by atoms with van der Waals surface area (Å²) in [4.78, 5) is 53.5. The second-order valence-corrected chi connectivity index (χ2v) is 10.7. The molecular weight excluding hydrogens is 460 g/mol. The Labute approximate surface area is 215 Å². The van der Waals surface area contributed by atoms with Crippen LogP contribution in [-0.4, -0.2) is 52.4 Å². The van der Waals surface area contributed by atoms with Crippen LogP contribution < -0.4 is 16.4 Å². The number of hydrogen-bond acceptors (Lipinski definition) is 5. The van der Waals surface area contributed by atoms with Crippen LogP contribution in [0.4, 0.5) is 4.79 Å². The van der Waals surface area contributed by atoms with E-state index in [0.717, 1.165) is 18.4 Å². The second-order valence-electron chi connectivity index (χ2n) is 10.7. The number of unbranched alkanes of at least 4 members (excludes halogenated alkanes) is 1. The van der Waals surface area contributed by atoms with Crippen molar-refractivity contribution < 1.29 is 23.9 Å². The summed E-state index contributed by atoms with van der Waals surface area (Å²) in [5.41, 5.74) is 5.46. The molecule has 9 nitrogen and oxygen atoms in total. The van der Waals surface area contributed by atoms with Crippen LogP contribution in [0.1, 0.15) is 91.3 Å². The van der Waals surface area contributed by atoms with Crippen molar-refractivity contribution >= 4 is 23.8 Å². The molecule has 0 bridgehead atoms. The first-order valence-corrected chi connectivity index (χ1v) is 12.6. The van der Waals surface area contributed by atoms with E-state index in [9.17, 15) is 19.2 Å². The summed E-state index contributed by atoms with van der Waals surface area (Å²) in [5.74, 6) is -1.70. The topological polar surface area (TPSA) is 131 Å². The molecule has 0 saturated carbocycles. The monoisotopic (exact) mass is 504 g/mol. The van der Waals surface area contributed by atoms with Crippen molar-refractivity contribution in [2.24, 2.45) is 5.73 Å². The smallest absolute Gasteiger partial charge is 0.408 e. The molecule has 1 rings (SSSR count). The fourth-order valence-electron chi connectivity index (χ4n) is 3.62. The first-order chi connectivity index (χ1) is 16.6. The molecule has 36 heavy (non-hydrogen) atoms. The lowest BCUT2D eigenvalue weighted by Crippen LogP contribution is -2.60. The van der Waals surface area contributed by atoms with Gasteiger partial charge in [-0.15, -0.1) is 0 Å². The van der Waals surface area contributed by atoms with Gasteiger partial charge in [0.25, 0.3) is 0 Å². The highest BCUT2D eigenvalue weighted by molar-refractivity contribution is 5.95. The molecule has 0 aliphatic heterocycles. The third kappa shape index (κ3) is 9.51. The van der Waals surface area contributed by atoms with Gasteiger partial charge in [0.1, 0.15) is 17.7 Å². The van der Waals surface area contributed by atoms with Crippen molar-refractivity contribution in [1.82, 2.24) is 15.5 Å². The van der Waals surface area contributed by atoms with Crippen molar-refractivity contribution in [3.8, 4) is 0 Å². The van der Waals surface area contributed by atoms with Gasteiger partial charge in [0.05, 0.1) is 6.42 Å². The molecule has 0 radical (unpaired) electrons. The first kappa shape index (κ1) is 30.9. The first-order valence-electron chi connectivity index (χ1n) is 12.6. The van der Waals surface area contributed by atoms with E-state index >= 15 is 0 Å². The number of alkyl carbamates (subject to hydrolysis) is 1. The van der Waals surface area contributed by atoms with E-state index in [4.69, 9.17) is 10.5 Å². The zero-order chi connectivity index (χ0) is 27.7. The lowest BCUT2D eigenvalue weighted by atomic mass is 9.91. The predicted molar refractivity (Wildman–Crippen MR) is 140 cm³/mol. The van der Waals surface area contributed by atoms with Crippen molar-refractivity contribution in [2.45, 2.75) is 104 Å². The van der Waals surface area contributed by atoms with Gasteiger partial charge in [-0.3, -0.25) is 14.4 Å². The van der Waals surface area contributed by atoms with Gasteiger partial charge in [-0.2, -0.15) is 0 Å². The Morgan fingerprint density at radius 2 is 1.61 bits per heavy atom. The van der Waals surface area contributed by atoms with Crippen LogP contribution in [0, 0.1) is 6.92 Å². The minimum absolute atomic E-state index is 0.336. The normalized spacial score (nSPS) is 13.3. The fourth-order valence-corrected chi connectivity index (χ4v) is 3.62. The number of nitrogens with zero attached hydrogens (tertiary/aromatic N) is 1. The molecule has 0 aliphatic carbocycles. The van der Waals surface area contributed by atoms with Gasteiger partial charge in [-0.25, -0.2) is 4.79 Å². The number of rotatable bonds is 12. The number of carbonyl (C=O) groups excluding carboxylic acids is 4. The number of hydrogen-bond donors (Lipinski definition) is 3. The van der Waals surface area contributed by atoms with E-state index in [1.165, 1.54) is 4.90 Å².